The van der Waals surface area contributed by atoms with E-state index in [1.54, 1.807) is 36.4 Å². The molecule has 0 aliphatic carbocycles. The SMILES string of the molecule is COc1ccc(C)cc1C(C#N)C(=O)c1cccc(Cl)c1. The molecule has 0 aromatic heterocycles. The van der Waals surface area contributed by atoms with E-state index >= 15 is 0 Å². The van der Waals surface area contributed by atoms with Crippen molar-refractivity contribution in [1.29, 1.82) is 5.26 Å². The number of methoxy groups -OCH3 is 1. The molecule has 0 heterocycles. The topological polar surface area (TPSA) is 50.1 Å². The van der Waals surface area contributed by atoms with Crippen molar-refractivity contribution < 1.29 is 9.53 Å². The Hall–Kier alpha value is -2.31. The van der Waals surface area contributed by atoms with Crippen LogP contribution in [-0.2, 0) is 0 Å². The van der Waals surface area contributed by atoms with E-state index < -0.39 is 5.92 Å². The van der Waals surface area contributed by atoms with Crippen LogP contribution in [0, 0.1) is 18.3 Å². The average Bonchev–Trinajstić information content (AvgIpc) is 2.48. The molecular formula is C17H14ClNO2. The van der Waals surface area contributed by atoms with Crippen LogP contribution >= 0.6 is 11.6 Å². The van der Waals surface area contributed by atoms with Crippen molar-refractivity contribution in [2.24, 2.45) is 0 Å². The Kier molecular flexibility index (Phi) is 4.62. The predicted octanol–water partition coefficient (Wildman–Crippen LogP) is 4.15. The fraction of sp³-hybridized carbons (Fsp3) is 0.176. The van der Waals surface area contributed by atoms with Crippen molar-refractivity contribution in [3.05, 3.63) is 64.2 Å². The normalized spacial score (nSPS) is 11.5. The van der Waals surface area contributed by atoms with Gasteiger partial charge in [0.1, 0.15) is 11.7 Å². The average molecular weight is 300 g/mol. The maximum atomic E-state index is 12.6. The standard InChI is InChI=1S/C17H14ClNO2/c1-11-6-7-16(21-2)14(8-11)15(10-19)17(20)12-4-3-5-13(18)9-12/h3-9,15H,1-2H3. The van der Waals surface area contributed by atoms with E-state index in [2.05, 4.69) is 6.07 Å². The van der Waals surface area contributed by atoms with Crippen LogP contribution in [-0.4, -0.2) is 12.9 Å². The van der Waals surface area contributed by atoms with Crippen LogP contribution < -0.4 is 4.74 Å². The van der Waals surface area contributed by atoms with Gasteiger partial charge in [0.05, 0.1) is 13.2 Å². The molecule has 1 atom stereocenters. The van der Waals surface area contributed by atoms with Gasteiger partial charge in [0.2, 0.25) is 0 Å². The zero-order valence-corrected chi connectivity index (χ0v) is 12.5. The zero-order valence-electron chi connectivity index (χ0n) is 11.8. The molecule has 0 bridgehead atoms. The number of rotatable bonds is 4. The smallest absolute Gasteiger partial charge is 0.184 e. The summed E-state index contributed by atoms with van der Waals surface area (Å²) < 4.78 is 5.26. The number of halogens is 1. The van der Waals surface area contributed by atoms with Crippen molar-refractivity contribution >= 4 is 17.4 Å². The number of nitrogens with zero attached hydrogens (tertiary/aromatic N) is 1. The number of Topliss-reactive ketones (excluding diaryl/α,β-unsaturated/α-hetero) is 1. The fourth-order valence-corrected chi connectivity index (χ4v) is 2.35. The zero-order chi connectivity index (χ0) is 15.4. The Bertz CT molecular complexity index is 719. The van der Waals surface area contributed by atoms with Crippen LogP contribution in [0.4, 0.5) is 0 Å². The summed E-state index contributed by atoms with van der Waals surface area (Å²) in [6, 6.07) is 14.1. The van der Waals surface area contributed by atoms with Crippen LogP contribution in [0.5, 0.6) is 5.75 Å². The number of ketones is 1. The highest BCUT2D eigenvalue weighted by molar-refractivity contribution is 6.31. The molecule has 3 nitrogen and oxygen atoms in total. The summed E-state index contributed by atoms with van der Waals surface area (Å²) in [4.78, 5) is 12.6. The number of benzene rings is 2. The van der Waals surface area contributed by atoms with Gasteiger partial charge in [0.25, 0.3) is 0 Å². The lowest BCUT2D eigenvalue weighted by molar-refractivity contribution is 0.0978. The van der Waals surface area contributed by atoms with E-state index in [0.717, 1.165) is 5.56 Å². The van der Waals surface area contributed by atoms with Crippen LogP contribution in [0.3, 0.4) is 0 Å². The first-order valence-electron chi connectivity index (χ1n) is 6.40. The molecule has 21 heavy (non-hydrogen) atoms. The molecule has 0 N–H and O–H groups in total. The molecule has 106 valence electrons. The number of carbonyl (C=O) groups is 1. The van der Waals surface area contributed by atoms with Gasteiger partial charge in [-0.1, -0.05) is 41.4 Å². The van der Waals surface area contributed by atoms with Gasteiger partial charge in [-0.3, -0.25) is 4.79 Å². The van der Waals surface area contributed by atoms with Crippen molar-refractivity contribution in [3.63, 3.8) is 0 Å². The van der Waals surface area contributed by atoms with Gasteiger partial charge < -0.3 is 4.74 Å². The minimum absolute atomic E-state index is 0.288. The maximum Gasteiger partial charge on any atom is 0.184 e. The number of hydrogen-bond acceptors (Lipinski definition) is 3. The molecule has 0 spiro atoms. The highest BCUT2D eigenvalue weighted by Crippen LogP contribution is 2.30. The third kappa shape index (κ3) is 3.24. The van der Waals surface area contributed by atoms with Gasteiger partial charge >= 0.3 is 0 Å². The van der Waals surface area contributed by atoms with Gasteiger partial charge in [-0.2, -0.15) is 5.26 Å². The number of carbonyl (C=O) groups excluding carboxylic acids is 1. The molecule has 0 aliphatic heterocycles. The molecule has 0 saturated heterocycles. The second kappa shape index (κ2) is 6.43. The third-order valence-corrected chi connectivity index (χ3v) is 3.43. The monoisotopic (exact) mass is 299 g/mol. The third-order valence-electron chi connectivity index (χ3n) is 3.20. The first-order chi connectivity index (χ1) is 10.1. The van der Waals surface area contributed by atoms with E-state index in [-0.39, 0.29) is 5.78 Å². The first kappa shape index (κ1) is 15.1. The number of aryl methyl sites for hydroxylation is 1. The molecule has 4 heteroatoms. The summed E-state index contributed by atoms with van der Waals surface area (Å²) in [7, 11) is 1.52. The molecule has 0 amide bonds. The van der Waals surface area contributed by atoms with Gasteiger partial charge in [0, 0.05) is 16.1 Å². The second-order valence-electron chi connectivity index (χ2n) is 4.68. The van der Waals surface area contributed by atoms with E-state index in [1.165, 1.54) is 7.11 Å². The highest BCUT2D eigenvalue weighted by atomic mass is 35.5. The summed E-state index contributed by atoms with van der Waals surface area (Å²) in [6.45, 7) is 1.90. The molecule has 1 unspecified atom stereocenters. The van der Waals surface area contributed by atoms with E-state index in [9.17, 15) is 10.1 Å². The summed E-state index contributed by atoms with van der Waals surface area (Å²) >= 11 is 5.91. The molecule has 2 aromatic carbocycles. The van der Waals surface area contributed by atoms with E-state index in [0.29, 0.717) is 21.9 Å². The molecule has 0 saturated carbocycles. The van der Waals surface area contributed by atoms with Gasteiger partial charge in [-0.05, 0) is 25.1 Å². The van der Waals surface area contributed by atoms with Crippen molar-refractivity contribution in [3.8, 4) is 11.8 Å². The summed E-state index contributed by atoms with van der Waals surface area (Å²) in [5.41, 5.74) is 1.95. The van der Waals surface area contributed by atoms with E-state index in [1.807, 2.05) is 13.0 Å². The Balaban J connectivity index is 2.48. The van der Waals surface area contributed by atoms with Crippen LogP contribution in [0.25, 0.3) is 0 Å². The van der Waals surface area contributed by atoms with Crippen molar-refractivity contribution in [2.75, 3.05) is 7.11 Å². The van der Waals surface area contributed by atoms with Crippen LogP contribution in [0.15, 0.2) is 42.5 Å². The van der Waals surface area contributed by atoms with Crippen LogP contribution in [0.1, 0.15) is 27.4 Å². The molecule has 2 rings (SSSR count). The molecular weight excluding hydrogens is 286 g/mol. The number of hydrogen-bond donors (Lipinski definition) is 0. The molecule has 0 aliphatic rings. The quantitative estimate of drug-likeness (QED) is 0.797. The molecule has 2 aromatic rings. The minimum atomic E-state index is -0.918. The minimum Gasteiger partial charge on any atom is -0.496 e. The lowest BCUT2D eigenvalue weighted by atomic mass is 9.90. The van der Waals surface area contributed by atoms with Crippen molar-refractivity contribution in [1.82, 2.24) is 0 Å². The lowest BCUT2D eigenvalue weighted by Crippen LogP contribution is -2.12. The number of nitriles is 1. The van der Waals surface area contributed by atoms with Gasteiger partial charge in [-0.25, -0.2) is 0 Å². The Morgan fingerprint density at radius 3 is 2.67 bits per heavy atom. The Labute approximate surface area is 128 Å². The summed E-state index contributed by atoms with van der Waals surface area (Å²) in [6.07, 6.45) is 0. The fourth-order valence-electron chi connectivity index (χ4n) is 2.16. The first-order valence-corrected chi connectivity index (χ1v) is 6.78. The summed E-state index contributed by atoms with van der Waals surface area (Å²) in [5, 5.41) is 9.90. The highest BCUT2D eigenvalue weighted by Gasteiger charge is 2.25. The maximum absolute atomic E-state index is 12.6. The molecule has 0 fully saturated rings. The summed E-state index contributed by atoms with van der Waals surface area (Å²) in [5.74, 6) is -0.676. The van der Waals surface area contributed by atoms with Gasteiger partial charge in [0.15, 0.2) is 5.78 Å². The lowest BCUT2D eigenvalue weighted by Gasteiger charge is -2.14. The Morgan fingerprint density at radius 1 is 1.29 bits per heavy atom. The van der Waals surface area contributed by atoms with E-state index in [4.69, 9.17) is 16.3 Å². The van der Waals surface area contributed by atoms with Crippen molar-refractivity contribution in [2.45, 2.75) is 12.8 Å². The molecule has 0 radical (unpaired) electrons. The van der Waals surface area contributed by atoms with Gasteiger partial charge in [-0.15, -0.1) is 0 Å². The van der Waals surface area contributed by atoms with Crippen LogP contribution in [0.2, 0.25) is 5.02 Å². The number of ether oxygens (including phenoxy) is 1. The second-order valence-corrected chi connectivity index (χ2v) is 5.12. The predicted molar refractivity (Wildman–Crippen MR) is 81.9 cm³/mol. The Morgan fingerprint density at radius 2 is 2.05 bits per heavy atom. The largest absolute Gasteiger partial charge is 0.496 e.